The molecule has 2 unspecified atom stereocenters. The SMILES string of the molecule is CSC1CCCC1NCc1cc(Br)c2c(c1)OCCO2. The molecule has 0 radical (unpaired) electrons. The van der Waals surface area contributed by atoms with Crippen LogP contribution in [0.15, 0.2) is 16.6 Å². The standard InChI is InChI=1S/C15H20BrNO2S/c1-20-14-4-2-3-12(14)17-9-10-7-11(16)15-13(8-10)18-5-6-19-15/h7-8,12,14,17H,2-6,9H2,1H3. The highest BCUT2D eigenvalue weighted by molar-refractivity contribution is 9.10. The molecule has 1 saturated carbocycles. The van der Waals surface area contributed by atoms with Crippen LogP contribution in [0, 0.1) is 0 Å². The highest BCUT2D eigenvalue weighted by Crippen LogP contribution is 2.38. The zero-order valence-electron chi connectivity index (χ0n) is 11.7. The van der Waals surface area contributed by atoms with Crippen molar-refractivity contribution in [3.05, 3.63) is 22.2 Å². The van der Waals surface area contributed by atoms with E-state index in [-0.39, 0.29) is 0 Å². The fourth-order valence-corrected chi connectivity index (χ4v) is 4.52. The van der Waals surface area contributed by atoms with E-state index in [1.165, 1.54) is 24.8 Å². The molecular weight excluding hydrogens is 338 g/mol. The van der Waals surface area contributed by atoms with Crippen molar-refractivity contribution in [1.29, 1.82) is 0 Å². The fourth-order valence-electron chi connectivity index (χ4n) is 2.96. The molecule has 1 heterocycles. The number of thioether (sulfide) groups is 1. The van der Waals surface area contributed by atoms with Gasteiger partial charge in [0.2, 0.25) is 0 Å². The minimum absolute atomic E-state index is 0.626. The summed E-state index contributed by atoms with van der Waals surface area (Å²) in [5.74, 6) is 1.69. The maximum absolute atomic E-state index is 5.67. The van der Waals surface area contributed by atoms with Gasteiger partial charge in [0.25, 0.3) is 0 Å². The van der Waals surface area contributed by atoms with Crippen LogP contribution in [0.5, 0.6) is 11.5 Å². The molecule has 1 N–H and O–H groups in total. The third-order valence-corrected chi connectivity index (χ3v) is 5.74. The molecule has 1 fully saturated rings. The van der Waals surface area contributed by atoms with Crippen molar-refractivity contribution < 1.29 is 9.47 Å². The van der Waals surface area contributed by atoms with Gasteiger partial charge in [-0.25, -0.2) is 0 Å². The maximum atomic E-state index is 5.67. The van der Waals surface area contributed by atoms with E-state index in [4.69, 9.17) is 9.47 Å². The first-order chi connectivity index (χ1) is 9.78. The molecule has 0 spiro atoms. The fraction of sp³-hybridized carbons (Fsp3) is 0.600. The Morgan fingerprint density at radius 1 is 1.30 bits per heavy atom. The van der Waals surface area contributed by atoms with E-state index >= 15 is 0 Å². The number of fused-ring (bicyclic) bond motifs is 1. The van der Waals surface area contributed by atoms with Crippen molar-refractivity contribution in [3.8, 4) is 11.5 Å². The summed E-state index contributed by atoms with van der Waals surface area (Å²) in [6.07, 6.45) is 6.18. The lowest BCUT2D eigenvalue weighted by Crippen LogP contribution is -2.33. The second-order valence-corrected chi connectivity index (χ2v) is 7.23. The molecule has 1 aliphatic heterocycles. The number of hydrogen-bond donors (Lipinski definition) is 1. The summed E-state index contributed by atoms with van der Waals surface area (Å²) in [6, 6.07) is 4.86. The van der Waals surface area contributed by atoms with E-state index in [0.29, 0.717) is 19.3 Å². The topological polar surface area (TPSA) is 30.5 Å². The molecule has 2 atom stereocenters. The molecule has 1 aromatic carbocycles. The van der Waals surface area contributed by atoms with Crippen molar-refractivity contribution in [1.82, 2.24) is 5.32 Å². The Morgan fingerprint density at radius 3 is 3.00 bits per heavy atom. The number of ether oxygens (including phenoxy) is 2. The summed E-state index contributed by atoms with van der Waals surface area (Å²) in [5, 5.41) is 4.45. The van der Waals surface area contributed by atoms with E-state index in [9.17, 15) is 0 Å². The predicted octanol–water partition coefficient (Wildman–Crippen LogP) is 3.59. The number of nitrogens with one attached hydrogen (secondary N) is 1. The smallest absolute Gasteiger partial charge is 0.175 e. The average molecular weight is 358 g/mol. The summed E-state index contributed by atoms with van der Waals surface area (Å²) >= 11 is 5.56. The largest absolute Gasteiger partial charge is 0.486 e. The van der Waals surface area contributed by atoms with Crippen LogP contribution in [-0.4, -0.2) is 30.8 Å². The summed E-state index contributed by atoms with van der Waals surface area (Å²) in [5.41, 5.74) is 1.24. The van der Waals surface area contributed by atoms with Gasteiger partial charge in [-0.1, -0.05) is 6.42 Å². The van der Waals surface area contributed by atoms with Crippen molar-refractivity contribution >= 4 is 27.7 Å². The van der Waals surface area contributed by atoms with Gasteiger partial charge in [0.05, 0.1) is 4.47 Å². The molecule has 0 saturated heterocycles. The van der Waals surface area contributed by atoms with Gasteiger partial charge in [0.15, 0.2) is 11.5 Å². The second-order valence-electron chi connectivity index (χ2n) is 5.29. The molecule has 1 aromatic rings. The van der Waals surface area contributed by atoms with Crippen molar-refractivity contribution in [2.24, 2.45) is 0 Å². The quantitative estimate of drug-likeness (QED) is 0.891. The van der Waals surface area contributed by atoms with E-state index in [1.54, 1.807) is 0 Å². The highest BCUT2D eigenvalue weighted by atomic mass is 79.9. The van der Waals surface area contributed by atoms with Gasteiger partial charge in [-0.3, -0.25) is 0 Å². The normalized spacial score (nSPS) is 24.9. The minimum Gasteiger partial charge on any atom is -0.486 e. The second kappa shape index (κ2) is 6.58. The molecule has 2 aliphatic rings. The van der Waals surface area contributed by atoms with E-state index in [2.05, 4.69) is 39.6 Å². The zero-order chi connectivity index (χ0) is 13.9. The van der Waals surface area contributed by atoms with Gasteiger partial charge in [0, 0.05) is 17.8 Å². The van der Waals surface area contributed by atoms with Crippen LogP contribution in [0.2, 0.25) is 0 Å². The molecule has 110 valence electrons. The van der Waals surface area contributed by atoms with Crippen LogP contribution in [-0.2, 0) is 6.54 Å². The first kappa shape index (κ1) is 14.5. The molecule has 1 aliphatic carbocycles. The molecular formula is C15H20BrNO2S. The van der Waals surface area contributed by atoms with Crippen LogP contribution in [0.3, 0.4) is 0 Å². The summed E-state index contributed by atoms with van der Waals surface area (Å²) in [6.45, 7) is 2.14. The molecule has 20 heavy (non-hydrogen) atoms. The molecule has 3 nitrogen and oxygen atoms in total. The van der Waals surface area contributed by atoms with Crippen LogP contribution in [0.1, 0.15) is 24.8 Å². The predicted molar refractivity (Wildman–Crippen MR) is 86.9 cm³/mol. The van der Waals surface area contributed by atoms with Gasteiger partial charge >= 0.3 is 0 Å². The summed E-state index contributed by atoms with van der Waals surface area (Å²) in [7, 11) is 0. The Morgan fingerprint density at radius 2 is 2.15 bits per heavy atom. The van der Waals surface area contributed by atoms with Crippen LogP contribution >= 0.6 is 27.7 Å². The molecule has 3 rings (SSSR count). The van der Waals surface area contributed by atoms with Crippen LogP contribution in [0.25, 0.3) is 0 Å². The van der Waals surface area contributed by atoms with Gasteiger partial charge in [0.1, 0.15) is 13.2 Å². The van der Waals surface area contributed by atoms with Crippen LogP contribution < -0.4 is 14.8 Å². The van der Waals surface area contributed by atoms with Gasteiger partial charge in [-0.05, 0) is 52.7 Å². The third kappa shape index (κ3) is 3.10. The Kier molecular flexibility index (Phi) is 4.79. The van der Waals surface area contributed by atoms with E-state index in [0.717, 1.165) is 27.8 Å². The lowest BCUT2D eigenvalue weighted by Gasteiger charge is -2.22. The summed E-state index contributed by atoms with van der Waals surface area (Å²) in [4.78, 5) is 0. The van der Waals surface area contributed by atoms with Crippen LogP contribution in [0.4, 0.5) is 0 Å². The zero-order valence-corrected chi connectivity index (χ0v) is 14.1. The molecule has 0 aromatic heterocycles. The van der Waals surface area contributed by atoms with E-state index < -0.39 is 0 Å². The Labute approximate surface area is 132 Å². The van der Waals surface area contributed by atoms with Crippen molar-refractivity contribution in [2.75, 3.05) is 19.5 Å². The van der Waals surface area contributed by atoms with Gasteiger partial charge < -0.3 is 14.8 Å². The van der Waals surface area contributed by atoms with Gasteiger partial charge in [-0.15, -0.1) is 0 Å². The first-order valence-corrected chi connectivity index (χ1v) is 9.20. The first-order valence-electron chi connectivity index (χ1n) is 7.12. The average Bonchev–Trinajstić information content (AvgIpc) is 2.93. The monoisotopic (exact) mass is 357 g/mol. The maximum Gasteiger partial charge on any atom is 0.175 e. The van der Waals surface area contributed by atoms with Crippen molar-refractivity contribution in [2.45, 2.75) is 37.1 Å². The molecule has 5 heteroatoms. The Hall–Kier alpha value is -0.390. The Bertz CT molecular complexity index is 483. The van der Waals surface area contributed by atoms with Gasteiger partial charge in [-0.2, -0.15) is 11.8 Å². The van der Waals surface area contributed by atoms with Crippen molar-refractivity contribution in [3.63, 3.8) is 0 Å². The summed E-state index contributed by atoms with van der Waals surface area (Å²) < 4.78 is 12.3. The minimum atomic E-state index is 0.626. The lowest BCUT2D eigenvalue weighted by atomic mass is 10.1. The lowest BCUT2D eigenvalue weighted by molar-refractivity contribution is 0.170. The molecule has 0 amide bonds. The number of rotatable bonds is 4. The number of hydrogen-bond acceptors (Lipinski definition) is 4. The number of benzene rings is 1. The van der Waals surface area contributed by atoms with E-state index in [1.807, 2.05) is 11.8 Å². The third-order valence-electron chi connectivity index (χ3n) is 3.98. The highest BCUT2D eigenvalue weighted by Gasteiger charge is 2.26. The molecule has 0 bridgehead atoms. The Balaban J connectivity index is 1.67. The number of halogens is 1.